The van der Waals surface area contributed by atoms with Crippen LogP contribution in [0.15, 0.2) is 9.59 Å². The summed E-state index contributed by atoms with van der Waals surface area (Å²) in [6.07, 6.45) is 6.45. The molecule has 0 amide bonds. The lowest BCUT2D eigenvalue weighted by Crippen LogP contribution is -2.43. The summed E-state index contributed by atoms with van der Waals surface area (Å²) in [5, 5.41) is 12.9. The Morgan fingerprint density at radius 2 is 2.00 bits per heavy atom. The Bertz CT molecular complexity index is 618. The van der Waals surface area contributed by atoms with Gasteiger partial charge in [0.05, 0.1) is 0 Å². The van der Waals surface area contributed by atoms with E-state index in [0.717, 1.165) is 17.4 Å². The van der Waals surface area contributed by atoms with Crippen molar-refractivity contribution in [2.75, 3.05) is 0 Å². The fourth-order valence-electron chi connectivity index (χ4n) is 2.78. The Labute approximate surface area is 117 Å². The number of nitrogens with zero attached hydrogens (tertiary/aromatic N) is 4. The summed E-state index contributed by atoms with van der Waals surface area (Å²) in [5.74, 6) is 0.424. The lowest BCUT2D eigenvalue weighted by atomic mass is 9.89. The third-order valence-electron chi connectivity index (χ3n) is 3.83. The van der Waals surface area contributed by atoms with E-state index in [9.17, 15) is 9.59 Å². The van der Waals surface area contributed by atoms with Crippen LogP contribution in [-0.4, -0.2) is 14.3 Å². The van der Waals surface area contributed by atoms with E-state index in [1.54, 1.807) is 6.07 Å². The van der Waals surface area contributed by atoms with Crippen molar-refractivity contribution in [3.8, 4) is 6.07 Å². The van der Waals surface area contributed by atoms with Gasteiger partial charge in [0.1, 0.15) is 6.07 Å². The predicted octanol–water partition coefficient (Wildman–Crippen LogP) is 1.27. The topological polar surface area (TPSA) is 80.7 Å². The molecule has 1 aliphatic rings. The second kappa shape index (κ2) is 6.51. The molecule has 6 nitrogen and oxygen atoms in total. The first-order chi connectivity index (χ1) is 9.67. The van der Waals surface area contributed by atoms with Crippen molar-refractivity contribution < 1.29 is 0 Å². The van der Waals surface area contributed by atoms with Gasteiger partial charge in [-0.2, -0.15) is 10.4 Å². The molecular formula is C14H20N4O2. The van der Waals surface area contributed by atoms with Gasteiger partial charge >= 0.3 is 5.69 Å². The van der Waals surface area contributed by atoms with E-state index in [2.05, 4.69) is 5.10 Å². The van der Waals surface area contributed by atoms with Gasteiger partial charge in [-0.05, 0) is 25.2 Å². The van der Waals surface area contributed by atoms with Crippen molar-refractivity contribution in [3.63, 3.8) is 0 Å². The average Bonchev–Trinajstić information content (AvgIpc) is 2.47. The van der Waals surface area contributed by atoms with E-state index >= 15 is 0 Å². The minimum atomic E-state index is -0.570. The molecule has 0 spiro atoms. The van der Waals surface area contributed by atoms with E-state index in [1.807, 2.05) is 6.92 Å². The molecule has 2 rings (SSSR count). The number of rotatable bonds is 4. The Morgan fingerprint density at radius 3 is 2.60 bits per heavy atom. The quantitative estimate of drug-likeness (QED) is 0.829. The van der Waals surface area contributed by atoms with E-state index in [4.69, 9.17) is 5.26 Å². The number of hydrogen-bond acceptors (Lipinski definition) is 4. The summed E-state index contributed by atoms with van der Waals surface area (Å²) in [7, 11) is 0. The van der Waals surface area contributed by atoms with Crippen molar-refractivity contribution in [1.82, 2.24) is 14.3 Å². The lowest BCUT2D eigenvalue weighted by Gasteiger charge is -2.21. The molecule has 1 saturated carbocycles. The van der Waals surface area contributed by atoms with Crippen LogP contribution in [0.2, 0.25) is 0 Å². The molecule has 0 atom stereocenters. The lowest BCUT2D eigenvalue weighted by molar-refractivity contribution is 0.294. The highest BCUT2D eigenvalue weighted by molar-refractivity contribution is 5.14. The van der Waals surface area contributed by atoms with E-state index in [1.165, 1.54) is 23.9 Å². The third kappa shape index (κ3) is 2.98. The zero-order chi connectivity index (χ0) is 14.5. The molecular weight excluding hydrogens is 256 g/mol. The molecule has 0 bridgehead atoms. The Hall–Kier alpha value is -1.90. The zero-order valence-electron chi connectivity index (χ0n) is 11.8. The Morgan fingerprint density at radius 1 is 1.30 bits per heavy atom. The first kappa shape index (κ1) is 14.5. The SMILES string of the molecule is CCCn1c(=O)c(C#N)nn(CC2CCCCC2)c1=O. The fourth-order valence-corrected chi connectivity index (χ4v) is 2.78. The summed E-state index contributed by atoms with van der Waals surface area (Å²) in [6, 6.07) is 1.79. The summed E-state index contributed by atoms with van der Waals surface area (Å²) in [6.45, 7) is 2.74. The van der Waals surface area contributed by atoms with Crippen LogP contribution in [0.4, 0.5) is 0 Å². The molecule has 0 N–H and O–H groups in total. The maximum absolute atomic E-state index is 12.3. The minimum absolute atomic E-state index is 0.186. The average molecular weight is 276 g/mol. The third-order valence-corrected chi connectivity index (χ3v) is 3.83. The molecule has 0 unspecified atom stereocenters. The molecule has 0 saturated heterocycles. The molecule has 0 aromatic carbocycles. The van der Waals surface area contributed by atoms with Crippen LogP contribution in [0.3, 0.4) is 0 Å². The minimum Gasteiger partial charge on any atom is -0.266 e. The molecule has 0 radical (unpaired) electrons. The maximum Gasteiger partial charge on any atom is 0.347 e. The van der Waals surface area contributed by atoms with Gasteiger partial charge in [-0.1, -0.05) is 26.2 Å². The molecule has 1 aliphatic carbocycles. The van der Waals surface area contributed by atoms with Gasteiger partial charge in [0.25, 0.3) is 5.56 Å². The standard InChI is InChI=1S/C14H20N4O2/c1-2-8-17-13(19)12(9-15)16-18(14(17)20)10-11-6-4-3-5-7-11/h11H,2-8,10H2,1H3. The smallest absolute Gasteiger partial charge is 0.266 e. The van der Waals surface area contributed by atoms with Crippen LogP contribution in [0, 0.1) is 17.2 Å². The van der Waals surface area contributed by atoms with Crippen molar-refractivity contribution in [2.24, 2.45) is 5.92 Å². The second-order valence-corrected chi connectivity index (χ2v) is 5.39. The number of nitriles is 1. The van der Waals surface area contributed by atoms with Crippen molar-refractivity contribution in [1.29, 1.82) is 5.26 Å². The molecule has 1 aromatic rings. The summed E-state index contributed by atoms with van der Waals surface area (Å²) < 4.78 is 2.44. The van der Waals surface area contributed by atoms with Gasteiger partial charge in [-0.25, -0.2) is 9.48 Å². The van der Waals surface area contributed by atoms with Crippen molar-refractivity contribution >= 4 is 0 Å². The number of aromatic nitrogens is 3. The molecule has 6 heteroatoms. The summed E-state index contributed by atoms with van der Waals surface area (Å²) >= 11 is 0. The molecule has 108 valence electrons. The van der Waals surface area contributed by atoms with Gasteiger partial charge < -0.3 is 0 Å². The first-order valence-electron chi connectivity index (χ1n) is 7.29. The summed E-state index contributed by atoms with van der Waals surface area (Å²) in [5.41, 5.74) is -1.14. The van der Waals surface area contributed by atoms with Crippen molar-refractivity contribution in [2.45, 2.75) is 58.5 Å². The largest absolute Gasteiger partial charge is 0.347 e. The van der Waals surface area contributed by atoms with Crippen LogP contribution in [-0.2, 0) is 13.1 Å². The molecule has 1 heterocycles. The Balaban J connectivity index is 2.37. The van der Waals surface area contributed by atoms with Gasteiger partial charge in [-0.3, -0.25) is 9.36 Å². The monoisotopic (exact) mass is 276 g/mol. The van der Waals surface area contributed by atoms with Crippen LogP contribution >= 0.6 is 0 Å². The van der Waals surface area contributed by atoms with Gasteiger partial charge in [0.2, 0.25) is 5.69 Å². The van der Waals surface area contributed by atoms with E-state index in [0.29, 0.717) is 25.4 Å². The highest BCUT2D eigenvalue weighted by Gasteiger charge is 2.18. The Kier molecular flexibility index (Phi) is 4.72. The predicted molar refractivity (Wildman–Crippen MR) is 74.3 cm³/mol. The van der Waals surface area contributed by atoms with Crippen LogP contribution < -0.4 is 11.2 Å². The van der Waals surface area contributed by atoms with Crippen LogP contribution in [0.25, 0.3) is 0 Å². The zero-order valence-corrected chi connectivity index (χ0v) is 11.8. The molecule has 1 aromatic heterocycles. The van der Waals surface area contributed by atoms with E-state index < -0.39 is 5.56 Å². The van der Waals surface area contributed by atoms with Crippen LogP contribution in [0.5, 0.6) is 0 Å². The molecule has 1 fully saturated rings. The van der Waals surface area contributed by atoms with Gasteiger partial charge in [0.15, 0.2) is 0 Å². The second-order valence-electron chi connectivity index (χ2n) is 5.39. The highest BCUT2D eigenvalue weighted by Crippen LogP contribution is 2.24. The van der Waals surface area contributed by atoms with Gasteiger partial charge in [0, 0.05) is 13.1 Å². The molecule has 20 heavy (non-hydrogen) atoms. The van der Waals surface area contributed by atoms with Crippen LogP contribution in [0.1, 0.15) is 51.1 Å². The highest BCUT2D eigenvalue weighted by atomic mass is 16.2. The van der Waals surface area contributed by atoms with E-state index in [-0.39, 0.29) is 11.4 Å². The summed E-state index contributed by atoms with van der Waals surface area (Å²) in [4.78, 5) is 24.2. The number of hydrogen-bond donors (Lipinski definition) is 0. The first-order valence-corrected chi connectivity index (χ1v) is 7.29. The normalized spacial score (nSPS) is 16.0. The fraction of sp³-hybridized carbons (Fsp3) is 0.714. The molecule has 0 aliphatic heterocycles. The maximum atomic E-state index is 12.3. The van der Waals surface area contributed by atoms with Crippen molar-refractivity contribution in [3.05, 3.63) is 26.5 Å². The van der Waals surface area contributed by atoms with Gasteiger partial charge in [-0.15, -0.1) is 0 Å².